The number of nitriles is 1. The van der Waals surface area contributed by atoms with Crippen molar-refractivity contribution in [3.8, 4) is 6.07 Å². The number of amides is 1. The molecule has 1 heterocycles. The van der Waals surface area contributed by atoms with Gasteiger partial charge in [0.15, 0.2) is 0 Å². The third-order valence-electron chi connectivity index (χ3n) is 3.42. The lowest BCUT2D eigenvalue weighted by Gasteiger charge is -2.22. The van der Waals surface area contributed by atoms with Crippen LogP contribution in [0, 0.1) is 11.3 Å². The van der Waals surface area contributed by atoms with Gasteiger partial charge in [-0.3, -0.25) is 4.79 Å². The number of benzene rings is 2. The molecule has 1 amide bonds. The molecule has 0 spiro atoms. The summed E-state index contributed by atoms with van der Waals surface area (Å²) in [6, 6.07) is 17.0. The number of anilines is 1. The van der Waals surface area contributed by atoms with Crippen LogP contribution in [0.5, 0.6) is 0 Å². The van der Waals surface area contributed by atoms with Crippen LogP contribution in [-0.4, -0.2) is 18.2 Å². The van der Waals surface area contributed by atoms with Gasteiger partial charge in [-0.05, 0) is 42.5 Å². The van der Waals surface area contributed by atoms with Gasteiger partial charge < -0.3 is 4.90 Å². The minimum Gasteiger partial charge on any atom is -0.307 e. The van der Waals surface area contributed by atoms with E-state index in [1.807, 2.05) is 23.1 Å². The predicted molar refractivity (Wildman–Crippen MR) is 84.6 cm³/mol. The van der Waals surface area contributed by atoms with E-state index in [0.717, 1.165) is 22.8 Å². The average Bonchev–Trinajstić information content (AvgIpc) is 2.76. The molecule has 0 fully saturated rings. The number of nitrogens with zero attached hydrogens (tertiary/aromatic N) is 2. The molecule has 0 bridgehead atoms. The van der Waals surface area contributed by atoms with Crippen LogP contribution in [0.3, 0.4) is 0 Å². The molecule has 3 nitrogen and oxygen atoms in total. The maximum absolute atomic E-state index is 12.8. The molecule has 3 rings (SSSR count). The normalized spacial score (nSPS) is 14.0. The fourth-order valence-electron chi connectivity index (χ4n) is 2.42. The average molecular weight is 294 g/mol. The van der Waals surface area contributed by atoms with E-state index >= 15 is 0 Å². The van der Waals surface area contributed by atoms with Crippen molar-refractivity contribution in [3.63, 3.8) is 0 Å². The van der Waals surface area contributed by atoms with Crippen molar-refractivity contribution >= 4 is 23.4 Å². The van der Waals surface area contributed by atoms with Gasteiger partial charge in [-0.25, -0.2) is 0 Å². The summed E-state index contributed by atoms with van der Waals surface area (Å²) in [5.74, 6) is 0.973. The third kappa shape index (κ3) is 2.79. The number of hydrogen-bond acceptors (Lipinski definition) is 3. The highest BCUT2D eigenvalue weighted by molar-refractivity contribution is 7.99. The molecule has 0 radical (unpaired) electrons. The van der Waals surface area contributed by atoms with E-state index in [9.17, 15) is 4.79 Å². The van der Waals surface area contributed by atoms with Gasteiger partial charge in [0.2, 0.25) is 0 Å². The van der Waals surface area contributed by atoms with E-state index in [1.165, 1.54) is 0 Å². The molecule has 0 saturated heterocycles. The van der Waals surface area contributed by atoms with Gasteiger partial charge in [-0.15, -0.1) is 11.8 Å². The first-order valence-corrected chi connectivity index (χ1v) is 7.82. The summed E-state index contributed by atoms with van der Waals surface area (Å²) in [6.07, 6.45) is 0.961. The van der Waals surface area contributed by atoms with E-state index in [2.05, 4.69) is 12.1 Å². The topological polar surface area (TPSA) is 44.1 Å². The van der Waals surface area contributed by atoms with Gasteiger partial charge in [0.25, 0.3) is 5.91 Å². The zero-order chi connectivity index (χ0) is 14.7. The van der Waals surface area contributed by atoms with Crippen LogP contribution in [0.25, 0.3) is 0 Å². The molecule has 1 aliphatic rings. The van der Waals surface area contributed by atoms with Gasteiger partial charge in [0.05, 0.1) is 17.3 Å². The van der Waals surface area contributed by atoms with Crippen LogP contribution in [0.4, 0.5) is 5.69 Å². The van der Waals surface area contributed by atoms with E-state index < -0.39 is 0 Å². The minimum atomic E-state index is -0.0398. The Morgan fingerprint density at radius 1 is 1.19 bits per heavy atom. The summed E-state index contributed by atoms with van der Waals surface area (Å²) < 4.78 is 0. The molecule has 0 unspecified atom stereocenters. The van der Waals surface area contributed by atoms with E-state index in [0.29, 0.717) is 17.7 Å². The van der Waals surface area contributed by atoms with Crippen LogP contribution in [0.1, 0.15) is 22.3 Å². The van der Waals surface area contributed by atoms with Crippen LogP contribution in [0.2, 0.25) is 0 Å². The smallest absolute Gasteiger partial charge is 0.258 e. The standard InChI is InChI=1S/C17H14N2OS/c18-12-13-5-3-6-14(11-13)17(20)19-9-4-10-21-16-8-2-1-7-15(16)19/h1-3,5-8,11H,4,9-10H2. The molecule has 104 valence electrons. The molecule has 0 aromatic heterocycles. The number of para-hydroxylation sites is 1. The maximum Gasteiger partial charge on any atom is 0.258 e. The first kappa shape index (κ1) is 13.7. The summed E-state index contributed by atoms with van der Waals surface area (Å²) in [5.41, 5.74) is 2.04. The summed E-state index contributed by atoms with van der Waals surface area (Å²) in [7, 11) is 0. The van der Waals surface area contributed by atoms with Crippen LogP contribution in [-0.2, 0) is 0 Å². The van der Waals surface area contributed by atoms with Gasteiger partial charge in [0, 0.05) is 17.0 Å². The number of carbonyl (C=O) groups is 1. The SMILES string of the molecule is N#Cc1cccc(C(=O)N2CCCSc3ccccc32)c1. The lowest BCUT2D eigenvalue weighted by molar-refractivity contribution is 0.0986. The van der Waals surface area contributed by atoms with Crippen molar-refractivity contribution in [2.24, 2.45) is 0 Å². The van der Waals surface area contributed by atoms with Crippen molar-refractivity contribution in [3.05, 3.63) is 59.7 Å². The Hall–Kier alpha value is -2.25. The Balaban J connectivity index is 1.99. The molecule has 2 aromatic rings. The van der Waals surface area contributed by atoms with E-state index in [1.54, 1.807) is 36.0 Å². The second-order valence-electron chi connectivity index (χ2n) is 4.82. The Morgan fingerprint density at radius 2 is 2.05 bits per heavy atom. The highest BCUT2D eigenvalue weighted by Gasteiger charge is 2.22. The molecule has 2 aromatic carbocycles. The van der Waals surface area contributed by atoms with E-state index in [4.69, 9.17) is 5.26 Å². The van der Waals surface area contributed by atoms with Crippen molar-refractivity contribution in [2.45, 2.75) is 11.3 Å². The third-order valence-corrected chi connectivity index (χ3v) is 4.57. The Labute approximate surface area is 128 Å². The molecule has 0 aliphatic carbocycles. The Kier molecular flexibility index (Phi) is 3.94. The van der Waals surface area contributed by atoms with Crippen molar-refractivity contribution in [1.29, 1.82) is 5.26 Å². The lowest BCUT2D eigenvalue weighted by atomic mass is 10.1. The number of thioether (sulfide) groups is 1. The molecule has 0 saturated carbocycles. The molecule has 0 N–H and O–H groups in total. The zero-order valence-corrected chi connectivity index (χ0v) is 12.3. The van der Waals surface area contributed by atoms with E-state index in [-0.39, 0.29) is 5.91 Å². The number of rotatable bonds is 1. The van der Waals surface area contributed by atoms with Gasteiger partial charge >= 0.3 is 0 Å². The molecule has 0 atom stereocenters. The monoisotopic (exact) mass is 294 g/mol. The number of fused-ring (bicyclic) bond motifs is 1. The zero-order valence-electron chi connectivity index (χ0n) is 11.5. The first-order valence-electron chi connectivity index (χ1n) is 6.83. The first-order chi connectivity index (χ1) is 10.3. The number of hydrogen-bond donors (Lipinski definition) is 0. The van der Waals surface area contributed by atoms with Crippen LogP contribution < -0.4 is 4.90 Å². The molecule has 21 heavy (non-hydrogen) atoms. The van der Waals surface area contributed by atoms with Crippen molar-refractivity contribution in [2.75, 3.05) is 17.2 Å². The van der Waals surface area contributed by atoms with Crippen LogP contribution in [0.15, 0.2) is 53.4 Å². The summed E-state index contributed by atoms with van der Waals surface area (Å²) >= 11 is 1.79. The fourth-order valence-corrected chi connectivity index (χ4v) is 3.41. The molecule has 1 aliphatic heterocycles. The quantitative estimate of drug-likeness (QED) is 0.805. The second-order valence-corrected chi connectivity index (χ2v) is 5.96. The predicted octanol–water partition coefficient (Wildman–Crippen LogP) is 3.70. The molecular formula is C17H14N2OS. The van der Waals surface area contributed by atoms with Crippen LogP contribution >= 0.6 is 11.8 Å². The fraction of sp³-hybridized carbons (Fsp3) is 0.176. The van der Waals surface area contributed by atoms with Gasteiger partial charge in [-0.2, -0.15) is 5.26 Å². The van der Waals surface area contributed by atoms with Crippen molar-refractivity contribution in [1.82, 2.24) is 0 Å². The maximum atomic E-state index is 12.8. The van der Waals surface area contributed by atoms with Gasteiger partial charge in [-0.1, -0.05) is 18.2 Å². The lowest BCUT2D eigenvalue weighted by Crippen LogP contribution is -2.31. The molecule has 4 heteroatoms. The molecular weight excluding hydrogens is 280 g/mol. The minimum absolute atomic E-state index is 0.0398. The van der Waals surface area contributed by atoms with Gasteiger partial charge in [0.1, 0.15) is 0 Å². The highest BCUT2D eigenvalue weighted by Crippen LogP contribution is 2.34. The largest absolute Gasteiger partial charge is 0.307 e. The summed E-state index contributed by atoms with van der Waals surface area (Å²) in [4.78, 5) is 15.8. The second kappa shape index (κ2) is 6.02. The highest BCUT2D eigenvalue weighted by atomic mass is 32.2. The summed E-state index contributed by atoms with van der Waals surface area (Å²) in [5, 5.41) is 8.98. The number of carbonyl (C=O) groups excluding carboxylic acids is 1. The van der Waals surface area contributed by atoms with Crippen molar-refractivity contribution < 1.29 is 4.79 Å². The summed E-state index contributed by atoms with van der Waals surface area (Å²) in [6.45, 7) is 0.708. The Morgan fingerprint density at radius 3 is 2.90 bits per heavy atom. The Bertz CT molecular complexity index is 721.